The highest BCUT2D eigenvalue weighted by atomic mass is 16.4. The number of aliphatic hydroxyl groups excluding tert-OH is 2. The molecular formula is C22H14O14. The molecular weight excluding hydrogens is 488 g/mol. The Kier molecular flexibility index (Phi) is 4.81. The molecule has 0 atom stereocenters. The Balaban J connectivity index is 2.06. The number of hydrogen-bond donors (Lipinski definition) is 10. The lowest BCUT2D eigenvalue weighted by Gasteiger charge is -2.27. The lowest BCUT2D eigenvalue weighted by Crippen LogP contribution is -2.33. The Labute approximate surface area is 197 Å². The average Bonchev–Trinajstić information content (AvgIpc) is 2.83. The molecule has 0 fully saturated rings. The SMILES string of the molecule is CC(C1=C(O)c2c(O)c(O)c(O)c(O)c2C(=O)C1=O)C1=C(O)c2c(O)c(O)c(O)c(O)c2C(=O)C1=O. The zero-order valence-electron chi connectivity index (χ0n) is 17.7. The molecule has 2 aliphatic carbocycles. The summed E-state index contributed by atoms with van der Waals surface area (Å²) in [6.07, 6.45) is 0. The second kappa shape index (κ2) is 7.30. The highest BCUT2D eigenvalue weighted by Crippen LogP contribution is 2.54. The van der Waals surface area contributed by atoms with E-state index in [0.717, 1.165) is 6.92 Å². The number of phenolic OH excluding ortho intramolecular Hbond substituents is 8. The van der Waals surface area contributed by atoms with Crippen molar-refractivity contribution in [3.63, 3.8) is 0 Å². The first-order valence-corrected chi connectivity index (χ1v) is 9.71. The summed E-state index contributed by atoms with van der Waals surface area (Å²) in [6, 6.07) is 0. The second-order valence-electron chi connectivity index (χ2n) is 7.85. The molecule has 0 spiro atoms. The van der Waals surface area contributed by atoms with Crippen molar-refractivity contribution in [3.05, 3.63) is 33.4 Å². The Bertz CT molecular complexity index is 1440. The number of carbonyl (C=O) groups is 4. The van der Waals surface area contributed by atoms with Crippen LogP contribution >= 0.6 is 0 Å². The van der Waals surface area contributed by atoms with Gasteiger partial charge in [0, 0.05) is 5.92 Å². The van der Waals surface area contributed by atoms with Crippen LogP contribution in [0.25, 0.3) is 11.5 Å². The first-order valence-electron chi connectivity index (χ1n) is 9.71. The second-order valence-corrected chi connectivity index (χ2v) is 7.85. The summed E-state index contributed by atoms with van der Waals surface area (Å²) in [4.78, 5) is 51.0. The van der Waals surface area contributed by atoms with Crippen molar-refractivity contribution >= 4 is 34.7 Å². The van der Waals surface area contributed by atoms with Gasteiger partial charge in [0.05, 0.1) is 33.4 Å². The molecule has 0 saturated carbocycles. The van der Waals surface area contributed by atoms with Crippen molar-refractivity contribution in [3.8, 4) is 46.0 Å². The van der Waals surface area contributed by atoms with Gasteiger partial charge < -0.3 is 51.1 Å². The highest BCUT2D eigenvalue weighted by molar-refractivity contribution is 6.55. The van der Waals surface area contributed by atoms with E-state index in [1.807, 2.05) is 0 Å². The molecule has 10 N–H and O–H groups in total. The predicted molar refractivity (Wildman–Crippen MR) is 113 cm³/mol. The molecule has 0 bridgehead atoms. The lowest BCUT2D eigenvalue weighted by molar-refractivity contribution is -0.113. The van der Waals surface area contributed by atoms with E-state index >= 15 is 0 Å². The van der Waals surface area contributed by atoms with E-state index in [2.05, 4.69) is 0 Å². The van der Waals surface area contributed by atoms with Gasteiger partial charge in [0.25, 0.3) is 0 Å². The number of benzene rings is 2. The monoisotopic (exact) mass is 502 g/mol. The molecule has 14 nitrogen and oxygen atoms in total. The van der Waals surface area contributed by atoms with Gasteiger partial charge in [-0.05, 0) is 0 Å². The van der Waals surface area contributed by atoms with Crippen molar-refractivity contribution in [2.24, 2.45) is 5.92 Å². The molecule has 2 aromatic carbocycles. The minimum absolute atomic E-state index is 0.942. The fourth-order valence-corrected chi connectivity index (χ4v) is 4.20. The molecule has 14 heteroatoms. The topological polar surface area (TPSA) is 271 Å². The third kappa shape index (κ3) is 2.65. The van der Waals surface area contributed by atoms with Gasteiger partial charge in [-0.15, -0.1) is 0 Å². The van der Waals surface area contributed by atoms with Gasteiger partial charge in [-0.25, -0.2) is 0 Å². The van der Waals surface area contributed by atoms with Gasteiger partial charge in [-0.3, -0.25) is 19.2 Å². The van der Waals surface area contributed by atoms with E-state index in [-0.39, 0.29) is 0 Å². The van der Waals surface area contributed by atoms with Gasteiger partial charge in [0.15, 0.2) is 23.0 Å². The van der Waals surface area contributed by atoms with E-state index in [9.17, 15) is 70.2 Å². The predicted octanol–water partition coefficient (Wildman–Crippen LogP) is 0.737. The van der Waals surface area contributed by atoms with Gasteiger partial charge in [0.2, 0.25) is 46.1 Å². The number of phenols is 8. The van der Waals surface area contributed by atoms with E-state index in [1.165, 1.54) is 0 Å². The maximum absolute atomic E-state index is 12.8. The Morgan fingerprint density at radius 3 is 0.917 bits per heavy atom. The molecule has 4 rings (SSSR count). The van der Waals surface area contributed by atoms with E-state index in [1.54, 1.807) is 0 Å². The summed E-state index contributed by atoms with van der Waals surface area (Å²) in [5, 5.41) is 101. The first kappa shape index (κ1) is 23.7. The van der Waals surface area contributed by atoms with Crippen molar-refractivity contribution < 1.29 is 70.2 Å². The van der Waals surface area contributed by atoms with Gasteiger partial charge in [-0.1, -0.05) is 6.92 Å². The summed E-state index contributed by atoms with van der Waals surface area (Å²) < 4.78 is 0. The standard InChI is InChI=1S/C22H14O14/c1-2(3-9(23)5-7(13(27)11(3)25)17(31)21(35)19(33)15(5)29)4-10(24)6-8(14(28)12(4)26)18(32)22(36)20(34)16(6)30/h2,23-24,29-36H,1H3. The van der Waals surface area contributed by atoms with Crippen LogP contribution in [-0.4, -0.2) is 74.2 Å². The quantitative estimate of drug-likeness (QED) is 0.154. The molecule has 186 valence electrons. The van der Waals surface area contributed by atoms with Crippen LogP contribution in [0, 0.1) is 5.92 Å². The molecule has 2 aliphatic rings. The third-order valence-electron chi connectivity index (χ3n) is 6.00. The fraction of sp³-hybridized carbons (Fsp3) is 0.0909. The van der Waals surface area contributed by atoms with Crippen molar-refractivity contribution in [1.29, 1.82) is 0 Å². The number of rotatable bonds is 2. The van der Waals surface area contributed by atoms with E-state index in [0.29, 0.717) is 0 Å². The zero-order valence-corrected chi connectivity index (χ0v) is 17.7. The van der Waals surface area contributed by atoms with E-state index in [4.69, 9.17) is 0 Å². The van der Waals surface area contributed by atoms with Gasteiger partial charge in [-0.2, -0.15) is 0 Å². The van der Waals surface area contributed by atoms with Crippen molar-refractivity contribution in [2.75, 3.05) is 0 Å². The van der Waals surface area contributed by atoms with Crippen LogP contribution in [0.5, 0.6) is 46.0 Å². The third-order valence-corrected chi connectivity index (χ3v) is 6.00. The number of hydrogen-bond acceptors (Lipinski definition) is 14. The summed E-state index contributed by atoms with van der Waals surface area (Å²) in [7, 11) is 0. The Morgan fingerprint density at radius 2 is 0.639 bits per heavy atom. The number of allylic oxidation sites excluding steroid dienone is 2. The number of ketones is 4. The first-order chi connectivity index (χ1) is 16.7. The van der Waals surface area contributed by atoms with Crippen LogP contribution in [0.15, 0.2) is 11.1 Å². The maximum Gasteiger partial charge on any atom is 0.238 e. The zero-order chi connectivity index (χ0) is 27.1. The highest BCUT2D eigenvalue weighted by Gasteiger charge is 2.47. The van der Waals surface area contributed by atoms with Gasteiger partial charge >= 0.3 is 0 Å². The summed E-state index contributed by atoms with van der Waals surface area (Å²) in [6.45, 7) is 0.942. The van der Waals surface area contributed by atoms with Crippen molar-refractivity contribution in [1.82, 2.24) is 0 Å². The number of fused-ring (bicyclic) bond motifs is 2. The number of Topliss-reactive ketones (excluding diaryl/α,β-unsaturated/α-hetero) is 4. The largest absolute Gasteiger partial charge is 0.507 e. The molecule has 0 heterocycles. The normalized spacial score (nSPS) is 15.6. The number of aromatic hydroxyl groups is 8. The van der Waals surface area contributed by atoms with Crippen LogP contribution in [0.4, 0.5) is 0 Å². The molecule has 0 radical (unpaired) electrons. The Hall–Kier alpha value is -5.40. The van der Waals surface area contributed by atoms with Crippen molar-refractivity contribution in [2.45, 2.75) is 6.92 Å². The van der Waals surface area contributed by atoms with Gasteiger partial charge in [0.1, 0.15) is 11.5 Å². The maximum atomic E-state index is 12.8. The number of aliphatic hydroxyl groups is 2. The van der Waals surface area contributed by atoms with Crippen LogP contribution in [-0.2, 0) is 9.59 Å². The van der Waals surface area contributed by atoms with Crippen LogP contribution in [0.2, 0.25) is 0 Å². The molecule has 0 aliphatic heterocycles. The average molecular weight is 502 g/mol. The molecule has 2 aromatic rings. The van der Waals surface area contributed by atoms with E-state index < -0.39 is 120 Å². The van der Waals surface area contributed by atoms with Crippen LogP contribution in [0.1, 0.15) is 38.8 Å². The molecule has 36 heavy (non-hydrogen) atoms. The molecule has 0 amide bonds. The molecule has 0 aromatic heterocycles. The smallest absolute Gasteiger partial charge is 0.238 e. The fourth-order valence-electron chi connectivity index (χ4n) is 4.20. The summed E-state index contributed by atoms with van der Waals surface area (Å²) >= 11 is 0. The van der Waals surface area contributed by atoms with Crippen LogP contribution < -0.4 is 0 Å². The Morgan fingerprint density at radius 1 is 0.389 bits per heavy atom. The minimum Gasteiger partial charge on any atom is -0.507 e. The summed E-state index contributed by atoms with van der Waals surface area (Å²) in [5.41, 5.74) is -6.20. The lowest BCUT2D eigenvalue weighted by atomic mass is 9.75. The number of carbonyl (C=O) groups excluding carboxylic acids is 4. The molecule has 0 unspecified atom stereocenters. The van der Waals surface area contributed by atoms with Crippen LogP contribution in [0.3, 0.4) is 0 Å². The minimum atomic E-state index is -1.87. The summed E-state index contributed by atoms with van der Waals surface area (Å²) in [5.74, 6) is -21.8. The molecule has 0 saturated heterocycles.